The first-order chi connectivity index (χ1) is 6.90. The molecule has 17 heavy (non-hydrogen) atoms. The zero-order chi connectivity index (χ0) is 11.1. The number of hydrogen-bond acceptors (Lipinski definition) is 8. The molecule has 4 heterocycles. The third-order valence-electron chi connectivity index (χ3n) is 2.40. The van der Waals surface area contributed by atoms with Crippen LogP contribution in [-0.2, 0) is 27.2 Å². The maximum Gasteiger partial charge on any atom is 2.00 e. The molecule has 0 aromatic rings. The second kappa shape index (κ2) is 6.37. The molecule has 0 spiro atoms. The molecule has 0 saturated carbocycles. The maximum atomic E-state index is 8.52. The first kappa shape index (κ1) is 17.2. The van der Waals surface area contributed by atoms with E-state index < -0.39 is 10.4 Å². The van der Waals surface area contributed by atoms with Crippen LogP contribution in [0.25, 0.3) is 0 Å². The molecule has 4 bridgehead atoms. The van der Waals surface area contributed by atoms with Gasteiger partial charge in [-0.3, -0.25) is 28.0 Å². The minimum atomic E-state index is -5.17. The van der Waals surface area contributed by atoms with E-state index in [1.807, 2.05) is 0 Å². The Hall–Kier alpha value is 0.176. The molecule has 4 aliphatic heterocycles. The molecule has 0 amide bonds. The van der Waals surface area contributed by atoms with Gasteiger partial charge in [0, 0.05) is 10.4 Å². The van der Waals surface area contributed by atoms with Crippen molar-refractivity contribution in [1.29, 1.82) is 0 Å². The Morgan fingerprint density at radius 3 is 0.941 bits per heavy atom. The van der Waals surface area contributed by atoms with Gasteiger partial charge in [-0.25, -0.2) is 0 Å². The molecule has 0 aliphatic carbocycles. The van der Waals surface area contributed by atoms with Gasteiger partial charge >= 0.3 is 16.8 Å². The van der Waals surface area contributed by atoms with E-state index in [2.05, 4.69) is 19.6 Å². The van der Waals surface area contributed by atoms with Crippen molar-refractivity contribution in [2.24, 2.45) is 0 Å². The smallest absolute Gasteiger partial charge is 0.759 e. The minimum Gasteiger partial charge on any atom is -0.759 e. The Morgan fingerprint density at radius 1 is 0.706 bits per heavy atom. The van der Waals surface area contributed by atoms with Crippen molar-refractivity contribution >= 4 is 10.4 Å². The van der Waals surface area contributed by atoms with Crippen molar-refractivity contribution in [3.8, 4) is 0 Å². The van der Waals surface area contributed by atoms with Gasteiger partial charge in [0.1, 0.15) is 0 Å². The van der Waals surface area contributed by atoms with E-state index in [0.717, 1.165) is 0 Å². The van der Waals surface area contributed by atoms with E-state index in [4.69, 9.17) is 17.5 Å². The van der Waals surface area contributed by atoms with Crippen molar-refractivity contribution in [2.75, 3.05) is 40.0 Å². The zero-order valence-electron chi connectivity index (χ0n) is 8.91. The second-order valence-electron chi connectivity index (χ2n) is 3.94. The van der Waals surface area contributed by atoms with Gasteiger partial charge in [-0.1, -0.05) is 0 Å². The quantitative estimate of drug-likeness (QED) is 0.338. The maximum absolute atomic E-state index is 8.52. The Morgan fingerprint density at radius 2 is 0.824 bits per heavy atom. The molecule has 1 radical (unpaired) electrons. The zero-order valence-corrected chi connectivity index (χ0v) is 10.8. The summed E-state index contributed by atoms with van der Waals surface area (Å²) in [5.74, 6) is 0. The Bertz CT molecular complexity index is 275. The van der Waals surface area contributed by atoms with Crippen LogP contribution in [0.2, 0.25) is 0 Å². The third-order valence-corrected chi connectivity index (χ3v) is 2.40. The monoisotopic (exact) mass is 313 g/mol. The van der Waals surface area contributed by atoms with Crippen LogP contribution in [0.1, 0.15) is 0 Å². The average molecular weight is 313 g/mol. The largest absolute Gasteiger partial charge is 2.00 e. The van der Waals surface area contributed by atoms with Gasteiger partial charge in [-0.15, -0.1) is 0 Å². The Labute approximate surface area is 110 Å². The molecule has 103 valence electrons. The van der Waals surface area contributed by atoms with Crippen LogP contribution in [0.3, 0.4) is 0 Å². The van der Waals surface area contributed by atoms with Gasteiger partial charge < -0.3 is 14.6 Å². The molecular formula is C6H14CoN4O5S. The van der Waals surface area contributed by atoms with Crippen LogP contribution < -0.4 is 0 Å². The predicted molar refractivity (Wildman–Crippen MR) is 50.6 cm³/mol. The van der Waals surface area contributed by atoms with E-state index in [1.165, 1.54) is 40.0 Å². The summed E-state index contributed by atoms with van der Waals surface area (Å²) in [6.07, 6.45) is 0. The van der Waals surface area contributed by atoms with Gasteiger partial charge in [0.15, 0.2) is 0 Å². The van der Waals surface area contributed by atoms with Crippen molar-refractivity contribution in [2.45, 2.75) is 0 Å². The normalized spacial score (nSPS) is 37.3. The first-order valence-corrected chi connectivity index (χ1v) is 5.79. The van der Waals surface area contributed by atoms with Crippen LogP contribution in [0.5, 0.6) is 0 Å². The summed E-state index contributed by atoms with van der Waals surface area (Å²) in [5.41, 5.74) is 0. The summed E-state index contributed by atoms with van der Waals surface area (Å²) in [5, 5.41) is 0. The van der Waals surface area contributed by atoms with Crippen molar-refractivity contribution < 1.29 is 39.8 Å². The summed E-state index contributed by atoms with van der Waals surface area (Å²) in [6.45, 7) is 7.12. The van der Waals surface area contributed by atoms with E-state index in [0.29, 0.717) is 0 Å². The summed E-state index contributed by atoms with van der Waals surface area (Å²) in [7, 11) is -5.17. The van der Waals surface area contributed by atoms with E-state index in [9.17, 15) is 0 Å². The third kappa shape index (κ3) is 5.56. The first-order valence-electron chi connectivity index (χ1n) is 4.46. The average Bonchev–Trinajstić information content (AvgIpc) is 1.96. The predicted octanol–water partition coefficient (Wildman–Crippen LogP) is -3.18. The van der Waals surface area contributed by atoms with Gasteiger partial charge in [-0.05, 0) is 0 Å². The molecule has 4 saturated heterocycles. The topological polar surface area (TPSA) is 125 Å². The fourth-order valence-electron chi connectivity index (χ4n) is 2.23. The van der Waals surface area contributed by atoms with Crippen LogP contribution in [0.15, 0.2) is 0 Å². The van der Waals surface area contributed by atoms with Crippen molar-refractivity contribution in [3.63, 3.8) is 0 Å². The standard InChI is InChI=1S/C6H12N4.Co.H2O4S.H2O/c1-7-2-9-4-8(1)5-10(3-7)6-9;;1-5(2,3)4;/h1-6H2;;(H2,1,2,3,4);1H2/q;+2;;/p-2. The van der Waals surface area contributed by atoms with Crippen LogP contribution >= 0.6 is 0 Å². The molecule has 0 unspecified atom stereocenters. The fraction of sp³-hybridized carbons (Fsp3) is 1.00. The number of hydrogen-bond donors (Lipinski definition) is 0. The molecule has 11 heteroatoms. The van der Waals surface area contributed by atoms with Crippen molar-refractivity contribution in [3.05, 3.63) is 0 Å². The number of rotatable bonds is 0. The summed E-state index contributed by atoms with van der Waals surface area (Å²) >= 11 is 0. The van der Waals surface area contributed by atoms with E-state index >= 15 is 0 Å². The van der Waals surface area contributed by atoms with Crippen LogP contribution in [0.4, 0.5) is 0 Å². The molecule has 0 aromatic carbocycles. The molecule has 0 aromatic heterocycles. The molecule has 0 atom stereocenters. The molecule has 4 fully saturated rings. The fourth-order valence-corrected chi connectivity index (χ4v) is 2.23. The Balaban J connectivity index is 0.000000328. The molecule has 2 N–H and O–H groups in total. The van der Waals surface area contributed by atoms with Crippen LogP contribution in [-0.4, -0.2) is 82.6 Å². The van der Waals surface area contributed by atoms with E-state index in [-0.39, 0.29) is 22.3 Å². The Kier molecular flexibility index (Phi) is 6.44. The second-order valence-corrected chi connectivity index (χ2v) is 4.76. The SMILES string of the molecule is C1N2CN3CN1CN(C2)C3.O.O=S(=O)([O-])[O-].[Co+2]. The van der Waals surface area contributed by atoms with Gasteiger partial charge in [0.05, 0.1) is 40.0 Å². The molecule has 4 aliphatic rings. The molecule has 9 nitrogen and oxygen atoms in total. The van der Waals surface area contributed by atoms with Gasteiger partial charge in [-0.2, -0.15) is 0 Å². The van der Waals surface area contributed by atoms with Gasteiger partial charge in [0.2, 0.25) is 0 Å². The van der Waals surface area contributed by atoms with Crippen LogP contribution in [0, 0.1) is 0 Å². The summed E-state index contributed by atoms with van der Waals surface area (Å²) in [4.78, 5) is 9.88. The van der Waals surface area contributed by atoms with Gasteiger partial charge in [0.25, 0.3) is 0 Å². The van der Waals surface area contributed by atoms with E-state index in [1.54, 1.807) is 0 Å². The minimum absolute atomic E-state index is 0. The molecular weight excluding hydrogens is 299 g/mol. The van der Waals surface area contributed by atoms with Crippen molar-refractivity contribution in [1.82, 2.24) is 19.6 Å². The molecule has 4 rings (SSSR count). The number of nitrogens with zero attached hydrogens (tertiary/aromatic N) is 4. The summed E-state index contributed by atoms with van der Waals surface area (Å²) in [6, 6.07) is 0. The summed E-state index contributed by atoms with van der Waals surface area (Å²) < 4.78 is 34.1.